The number of carbonyl (C=O) groups is 3. The van der Waals surface area contributed by atoms with Crippen molar-refractivity contribution < 1.29 is 23.2 Å². The number of rotatable bonds is 4. The Balaban J connectivity index is 1.58. The summed E-state index contributed by atoms with van der Waals surface area (Å²) in [5, 5.41) is 2.28. The van der Waals surface area contributed by atoms with Gasteiger partial charge >= 0.3 is 0 Å². The lowest BCUT2D eigenvalue weighted by atomic mass is 9.83. The van der Waals surface area contributed by atoms with Crippen LogP contribution in [0.4, 0.5) is 14.5 Å². The molecule has 1 aromatic rings. The number of hydrogen-bond acceptors (Lipinski definition) is 4. The second kappa shape index (κ2) is 7.25. The maximum Gasteiger partial charge on any atom is 0.233 e. The minimum Gasteiger partial charge on any atom is -0.365 e. The molecule has 1 unspecified atom stereocenters. The molecule has 27 heavy (non-hydrogen) atoms. The van der Waals surface area contributed by atoms with Crippen molar-refractivity contribution in [1.29, 1.82) is 0 Å². The van der Waals surface area contributed by atoms with E-state index < -0.39 is 17.0 Å². The second-order valence-corrected chi connectivity index (χ2v) is 7.62. The van der Waals surface area contributed by atoms with E-state index in [-0.39, 0.29) is 36.6 Å². The van der Waals surface area contributed by atoms with Crippen molar-refractivity contribution >= 4 is 23.4 Å². The van der Waals surface area contributed by atoms with Crippen LogP contribution < -0.4 is 10.2 Å². The van der Waals surface area contributed by atoms with Gasteiger partial charge in [0, 0.05) is 50.3 Å². The fraction of sp³-hybridized carbons (Fsp3) is 0.526. The average Bonchev–Trinajstić information content (AvgIpc) is 2.84. The number of amides is 3. The summed E-state index contributed by atoms with van der Waals surface area (Å²) in [5.74, 6) is -1.98. The molecule has 2 aliphatic heterocycles. The molecule has 2 heterocycles. The van der Waals surface area contributed by atoms with Gasteiger partial charge in [0.05, 0.1) is 5.41 Å². The summed E-state index contributed by atoms with van der Waals surface area (Å²) in [6.45, 7) is 4.92. The number of nitrogens with one attached hydrogen (secondary N) is 1. The van der Waals surface area contributed by atoms with Crippen molar-refractivity contribution in [2.24, 2.45) is 5.41 Å². The van der Waals surface area contributed by atoms with Crippen LogP contribution in [-0.4, -0.2) is 48.3 Å². The van der Waals surface area contributed by atoms with Gasteiger partial charge in [-0.2, -0.15) is 0 Å². The van der Waals surface area contributed by atoms with Gasteiger partial charge in [-0.3, -0.25) is 19.7 Å². The molecule has 1 N–H and O–H groups in total. The van der Waals surface area contributed by atoms with Gasteiger partial charge in [-0.15, -0.1) is 0 Å². The number of piperazine rings is 1. The number of imide groups is 1. The Morgan fingerprint density at radius 2 is 1.89 bits per heavy atom. The zero-order valence-electron chi connectivity index (χ0n) is 15.4. The molecule has 146 valence electrons. The van der Waals surface area contributed by atoms with E-state index in [0.717, 1.165) is 6.07 Å². The van der Waals surface area contributed by atoms with E-state index in [1.165, 1.54) is 12.1 Å². The van der Waals surface area contributed by atoms with Crippen molar-refractivity contribution in [3.05, 3.63) is 29.8 Å². The molecule has 2 atom stereocenters. The van der Waals surface area contributed by atoms with E-state index in [9.17, 15) is 23.2 Å². The Morgan fingerprint density at radius 3 is 2.44 bits per heavy atom. The molecule has 0 radical (unpaired) electrons. The van der Waals surface area contributed by atoms with Crippen molar-refractivity contribution in [2.45, 2.75) is 39.2 Å². The first-order valence-corrected chi connectivity index (χ1v) is 9.03. The SMILES string of the molecule is C[C@H]1CN(C(=O)CCC2(C)CC(=O)NC2=O)CCN1c1cc(F)cc(F)c1. The van der Waals surface area contributed by atoms with Crippen LogP contribution in [0.15, 0.2) is 18.2 Å². The third-order valence-electron chi connectivity index (χ3n) is 5.40. The lowest BCUT2D eigenvalue weighted by molar-refractivity contribution is -0.133. The molecule has 2 aliphatic rings. The topological polar surface area (TPSA) is 69.7 Å². The summed E-state index contributed by atoms with van der Waals surface area (Å²) in [6, 6.07) is 3.30. The summed E-state index contributed by atoms with van der Waals surface area (Å²) in [7, 11) is 0. The highest BCUT2D eigenvalue weighted by atomic mass is 19.1. The van der Waals surface area contributed by atoms with Crippen molar-refractivity contribution in [3.8, 4) is 0 Å². The van der Waals surface area contributed by atoms with Crippen LogP contribution in [0.25, 0.3) is 0 Å². The quantitative estimate of drug-likeness (QED) is 0.811. The Bertz CT molecular complexity index is 765. The molecule has 0 aromatic heterocycles. The molecule has 0 bridgehead atoms. The Labute approximate surface area is 156 Å². The third-order valence-corrected chi connectivity index (χ3v) is 5.40. The van der Waals surface area contributed by atoms with Gasteiger partial charge in [0.2, 0.25) is 17.7 Å². The fourth-order valence-electron chi connectivity index (χ4n) is 3.77. The second-order valence-electron chi connectivity index (χ2n) is 7.62. The molecule has 8 heteroatoms. The molecular weight excluding hydrogens is 356 g/mol. The Hall–Kier alpha value is -2.51. The van der Waals surface area contributed by atoms with Crippen LogP contribution in [0.3, 0.4) is 0 Å². The molecular formula is C19H23F2N3O3. The fourth-order valence-corrected chi connectivity index (χ4v) is 3.77. The first-order chi connectivity index (χ1) is 12.7. The van der Waals surface area contributed by atoms with Gasteiger partial charge in [0.15, 0.2) is 0 Å². The molecule has 0 aliphatic carbocycles. The number of nitrogens with zero attached hydrogens (tertiary/aromatic N) is 2. The van der Waals surface area contributed by atoms with E-state index >= 15 is 0 Å². The monoisotopic (exact) mass is 379 g/mol. The molecule has 2 fully saturated rings. The predicted octanol–water partition coefficient (Wildman–Crippen LogP) is 1.83. The van der Waals surface area contributed by atoms with E-state index in [1.807, 2.05) is 11.8 Å². The molecule has 2 saturated heterocycles. The highest BCUT2D eigenvalue weighted by molar-refractivity contribution is 6.05. The highest BCUT2D eigenvalue weighted by Gasteiger charge is 2.42. The zero-order chi connectivity index (χ0) is 19.8. The summed E-state index contributed by atoms with van der Waals surface area (Å²) >= 11 is 0. The smallest absolute Gasteiger partial charge is 0.233 e. The normalized spacial score (nSPS) is 25.7. The van der Waals surface area contributed by atoms with Crippen LogP contribution >= 0.6 is 0 Å². The number of anilines is 1. The maximum atomic E-state index is 13.5. The van der Waals surface area contributed by atoms with Crippen molar-refractivity contribution in [2.75, 3.05) is 24.5 Å². The molecule has 0 saturated carbocycles. The third kappa shape index (κ3) is 4.09. The van der Waals surface area contributed by atoms with Crippen LogP contribution in [0.5, 0.6) is 0 Å². The summed E-state index contributed by atoms with van der Waals surface area (Å²) in [6.07, 6.45) is 0.597. The molecule has 1 aromatic carbocycles. The lowest BCUT2D eigenvalue weighted by Crippen LogP contribution is -2.54. The largest absolute Gasteiger partial charge is 0.365 e. The van der Waals surface area contributed by atoms with Gasteiger partial charge in [-0.1, -0.05) is 6.92 Å². The van der Waals surface area contributed by atoms with E-state index in [1.54, 1.807) is 11.8 Å². The number of benzene rings is 1. The number of hydrogen-bond donors (Lipinski definition) is 1. The minimum absolute atomic E-state index is 0.0831. The predicted molar refractivity (Wildman–Crippen MR) is 94.9 cm³/mol. The van der Waals surface area contributed by atoms with Crippen molar-refractivity contribution in [1.82, 2.24) is 10.2 Å². The molecule has 0 spiro atoms. The van der Waals surface area contributed by atoms with E-state index in [0.29, 0.717) is 31.7 Å². The zero-order valence-corrected chi connectivity index (χ0v) is 15.4. The summed E-state index contributed by atoms with van der Waals surface area (Å²) in [4.78, 5) is 39.4. The van der Waals surface area contributed by atoms with Crippen LogP contribution in [0.2, 0.25) is 0 Å². The van der Waals surface area contributed by atoms with E-state index in [2.05, 4.69) is 5.32 Å². The Kier molecular flexibility index (Phi) is 5.17. The van der Waals surface area contributed by atoms with Crippen LogP contribution in [-0.2, 0) is 14.4 Å². The van der Waals surface area contributed by atoms with Gasteiger partial charge in [0.25, 0.3) is 0 Å². The lowest BCUT2D eigenvalue weighted by Gasteiger charge is -2.41. The van der Waals surface area contributed by atoms with Crippen LogP contribution in [0, 0.1) is 17.0 Å². The standard InChI is InChI=1S/C19H23F2N3O3/c1-12-11-23(5-6-24(12)15-8-13(20)7-14(21)9-15)17(26)3-4-19(2)10-16(25)22-18(19)27/h7-9,12H,3-6,10-11H2,1-2H3,(H,22,25,27)/t12-,19?/m0/s1. The number of carbonyl (C=O) groups excluding carboxylic acids is 3. The van der Waals surface area contributed by atoms with Gasteiger partial charge in [-0.25, -0.2) is 8.78 Å². The molecule has 3 amide bonds. The van der Waals surface area contributed by atoms with Gasteiger partial charge in [-0.05, 0) is 25.5 Å². The van der Waals surface area contributed by atoms with Gasteiger partial charge in [0.1, 0.15) is 11.6 Å². The number of halogens is 2. The minimum atomic E-state index is -0.834. The Morgan fingerprint density at radius 1 is 1.22 bits per heavy atom. The van der Waals surface area contributed by atoms with Crippen molar-refractivity contribution in [3.63, 3.8) is 0 Å². The summed E-state index contributed by atoms with van der Waals surface area (Å²) < 4.78 is 26.9. The highest BCUT2D eigenvalue weighted by Crippen LogP contribution is 2.32. The maximum absolute atomic E-state index is 13.5. The average molecular weight is 379 g/mol. The molecule has 3 rings (SSSR count). The van der Waals surface area contributed by atoms with Gasteiger partial charge < -0.3 is 9.80 Å². The first-order valence-electron chi connectivity index (χ1n) is 9.03. The van der Waals surface area contributed by atoms with E-state index in [4.69, 9.17) is 0 Å². The summed E-state index contributed by atoms with van der Waals surface area (Å²) in [5.41, 5.74) is -0.375. The molecule has 6 nitrogen and oxygen atoms in total. The van der Waals surface area contributed by atoms with Crippen LogP contribution in [0.1, 0.15) is 33.1 Å². The first kappa shape index (κ1) is 19.3.